The Morgan fingerprint density at radius 1 is 1.04 bits per heavy atom. The highest BCUT2D eigenvalue weighted by atomic mass is 32.2. The van der Waals surface area contributed by atoms with Crippen LogP contribution in [0.2, 0.25) is 0 Å². The van der Waals surface area contributed by atoms with Gasteiger partial charge < -0.3 is 5.73 Å². The van der Waals surface area contributed by atoms with E-state index in [0.717, 1.165) is 16.8 Å². The maximum Gasteiger partial charge on any atom is 0.249 e. The predicted octanol–water partition coefficient (Wildman–Crippen LogP) is 2.93. The first-order chi connectivity index (χ1) is 11.2. The normalized spacial score (nSPS) is 10.4. The molecule has 5 nitrogen and oxygen atoms in total. The quantitative estimate of drug-likeness (QED) is 0.577. The smallest absolute Gasteiger partial charge is 0.249 e. The zero-order valence-electron chi connectivity index (χ0n) is 12.2. The minimum absolute atomic E-state index is 0.423. The number of aromatic nitrogens is 3. The molecule has 114 valence electrons. The summed E-state index contributed by atoms with van der Waals surface area (Å²) in [5.74, 6) is 0.159. The van der Waals surface area contributed by atoms with E-state index >= 15 is 0 Å². The van der Waals surface area contributed by atoms with Crippen LogP contribution in [0.25, 0.3) is 11.3 Å². The number of rotatable bonds is 5. The zero-order chi connectivity index (χ0) is 16.1. The fourth-order valence-corrected chi connectivity index (χ4v) is 2.96. The number of carbonyl (C=O) groups excluding carboxylic acids is 1. The highest BCUT2D eigenvalue weighted by Crippen LogP contribution is 2.23. The van der Waals surface area contributed by atoms with E-state index in [2.05, 4.69) is 15.0 Å². The third-order valence-corrected chi connectivity index (χ3v) is 4.16. The van der Waals surface area contributed by atoms with Crippen molar-refractivity contribution in [2.24, 2.45) is 5.73 Å². The van der Waals surface area contributed by atoms with E-state index in [-0.39, 0.29) is 0 Å². The van der Waals surface area contributed by atoms with Crippen LogP contribution in [0.1, 0.15) is 15.9 Å². The van der Waals surface area contributed by atoms with Gasteiger partial charge in [-0.3, -0.25) is 9.78 Å². The number of carbonyl (C=O) groups is 1. The van der Waals surface area contributed by atoms with Crippen molar-refractivity contribution in [1.29, 1.82) is 0 Å². The number of primary amides is 1. The molecule has 3 rings (SSSR count). The molecule has 2 heterocycles. The van der Waals surface area contributed by atoms with Crippen LogP contribution in [0.4, 0.5) is 0 Å². The fraction of sp³-hybridized carbons (Fsp3) is 0.0588. The van der Waals surface area contributed by atoms with Crippen molar-refractivity contribution < 1.29 is 4.79 Å². The van der Waals surface area contributed by atoms with Gasteiger partial charge in [0.15, 0.2) is 5.16 Å². The zero-order valence-corrected chi connectivity index (χ0v) is 13.0. The molecule has 0 bridgehead atoms. The van der Waals surface area contributed by atoms with E-state index in [4.69, 9.17) is 5.73 Å². The average Bonchev–Trinajstić information content (AvgIpc) is 2.61. The Labute approximate surface area is 138 Å². The van der Waals surface area contributed by atoms with Crippen LogP contribution in [-0.4, -0.2) is 20.9 Å². The van der Waals surface area contributed by atoms with Crippen LogP contribution in [0, 0.1) is 0 Å². The molecule has 2 aromatic heterocycles. The topological polar surface area (TPSA) is 81.8 Å². The Hall–Kier alpha value is -2.73. The van der Waals surface area contributed by atoms with Gasteiger partial charge in [-0.25, -0.2) is 9.97 Å². The molecule has 1 amide bonds. The summed E-state index contributed by atoms with van der Waals surface area (Å²) in [6, 6.07) is 13.0. The summed E-state index contributed by atoms with van der Waals surface area (Å²) in [5, 5.41) is 0.651. The Kier molecular flexibility index (Phi) is 4.63. The van der Waals surface area contributed by atoms with Gasteiger partial charge in [-0.05, 0) is 29.8 Å². The maximum absolute atomic E-state index is 11.4. The molecule has 0 aliphatic rings. The lowest BCUT2D eigenvalue weighted by molar-refractivity contribution is 0.0999. The van der Waals surface area contributed by atoms with Crippen molar-refractivity contribution in [3.63, 3.8) is 0 Å². The van der Waals surface area contributed by atoms with E-state index in [1.165, 1.54) is 11.8 Å². The van der Waals surface area contributed by atoms with Crippen LogP contribution in [-0.2, 0) is 5.75 Å². The number of nitrogens with two attached hydrogens (primary N) is 1. The average molecular weight is 322 g/mol. The van der Waals surface area contributed by atoms with Gasteiger partial charge >= 0.3 is 0 Å². The minimum Gasteiger partial charge on any atom is -0.366 e. The van der Waals surface area contributed by atoms with Gasteiger partial charge in [0.05, 0.1) is 5.69 Å². The Morgan fingerprint density at radius 3 is 2.61 bits per heavy atom. The summed E-state index contributed by atoms with van der Waals surface area (Å²) in [7, 11) is 0. The monoisotopic (exact) mass is 322 g/mol. The Bertz CT molecular complexity index is 824. The predicted molar refractivity (Wildman–Crippen MR) is 89.8 cm³/mol. The molecule has 0 unspecified atom stereocenters. The number of pyridine rings is 1. The van der Waals surface area contributed by atoms with E-state index < -0.39 is 5.91 Å². The first-order valence-corrected chi connectivity index (χ1v) is 7.96. The van der Waals surface area contributed by atoms with Gasteiger partial charge in [0, 0.05) is 35.5 Å². The third-order valence-electron chi connectivity index (χ3n) is 3.25. The lowest BCUT2D eigenvalue weighted by atomic mass is 10.1. The van der Waals surface area contributed by atoms with Crippen molar-refractivity contribution >= 4 is 17.7 Å². The summed E-state index contributed by atoms with van der Waals surface area (Å²) in [6.07, 6.45) is 5.19. The molecule has 0 saturated carbocycles. The number of benzene rings is 1. The first-order valence-electron chi connectivity index (χ1n) is 6.98. The number of thioether (sulfide) groups is 1. The summed E-state index contributed by atoms with van der Waals surface area (Å²) >= 11 is 1.47. The fourth-order valence-electron chi connectivity index (χ4n) is 2.12. The minimum atomic E-state index is -0.423. The van der Waals surface area contributed by atoms with Crippen LogP contribution in [0.5, 0.6) is 0 Å². The Morgan fingerprint density at radius 2 is 1.83 bits per heavy atom. The van der Waals surface area contributed by atoms with Crippen molar-refractivity contribution in [2.45, 2.75) is 10.9 Å². The molecule has 0 saturated heterocycles. The second-order valence-electron chi connectivity index (χ2n) is 4.77. The molecule has 0 atom stereocenters. The van der Waals surface area contributed by atoms with Gasteiger partial charge in [-0.1, -0.05) is 30.0 Å². The number of nitrogens with zero attached hydrogens (tertiary/aromatic N) is 3. The van der Waals surface area contributed by atoms with Crippen molar-refractivity contribution in [2.75, 3.05) is 0 Å². The van der Waals surface area contributed by atoms with Crippen LogP contribution in [0.15, 0.2) is 66.2 Å². The molecule has 2 N–H and O–H groups in total. The van der Waals surface area contributed by atoms with Gasteiger partial charge in [-0.15, -0.1) is 0 Å². The lowest BCUT2D eigenvalue weighted by Crippen LogP contribution is -2.13. The van der Waals surface area contributed by atoms with Gasteiger partial charge in [0.1, 0.15) is 0 Å². The first kappa shape index (κ1) is 15.2. The van der Waals surface area contributed by atoms with Crippen LogP contribution in [0.3, 0.4) is 0 Å². The van der Waals surface area contributed by atoms with Crippen LogP contribution < -0.4 is 5.73 Å². The second kappa shape index (κ2) is 7.02. The molecule has 0 spiro atoms. The van der Waals surface area contributed by atoms with Crippen LogP contribution >= 0.6 is 11.8 Å². The van der Waals surface area contributed by atoms with Crippen molar-refractivity contribution in [3.05, 3.63) is 72.2 Å². The largest absolute Gasteiger partial charge is 0.366 e. The SMILES string of the molecule is NC(=O)c1ccccc1CSc1nccc(-c2ccncc2)n1. The van der Waals surface area contributed by atoms with Crippen molar-refractivity contribution in [1.82, 2.24) is 15.0 Å². The molecule has 0 aliphatic carbocycles. The molecule has 0 radical (unpaired) electrons. The van der Waals surface area contributed by atoms with E-state index in [1.807, 2.05) is 30.3 Å². The number of hydrogen-bond donors (Lipinski definition) is 1. The van der Waals surface area contributed by atoms with E-state index in [1.54, 1.807) is 30.7 Å². The van der Waals surface area contributed by atoms with Gasteiger partial charge in [0.25, 0.3) is 0 Å². The highest BCUT2D eigenvalue weighted by molar-refractivity contribution is 7.98. The summed E-state index contributed by atoms with van der Waals surface area (Å²) in [6.45, 7) is 0. The maximum atomic E-state index is 11.4. The molecule has 3 aromatic rings. The third kappa shape index (κ3) is 3.73. The lowest BCUT2D eigenvalue weighted by Gasteiger charge is -2.06. The van der Waals surface area contributed by atoms with E-state index in [0.29, 0.717) is 16.5 Å². The molecule has 23 heavy (non-hydrogen) atoms. The molecule has 0 fully saturated rings. The number of hydrogen-bond acceptors (Lipinski definition) is 5. The summed E-state index contributed by atoms with van der Waals surface area (Å²) < 4.78 is 0. The molecule has 1 aromatic carbocycles. The van der Waals surface area contributed by atoms with Gasteiger partial charge in [0.2, 0.25) is 5.91 Å². The Balaban J connectivity index is 1.78. The second-order valence-corrected chi connectivity index (χ2v) is 5.71. The highest BCUT2D eigenvalue weighted by Gasteiger charge is 2.09. The summed E-state index contributed by atoms with van der Waals surface area (Å²) in [4.78, 5) is 24.3. The van der Waals surface area contributed by atoms with Crippen molar-refractivity contribution in [3.8, 4) is 11.3 Å². The number of amides is 1. The molecular weight excluding hydrogens is 308 g/mol. The molecule has 0 aliphatic heterocycles. The van der Waals surface area contributed by atoms with Gasteiger partial charge in [-0.2, -0.15) is 0 Å². The standard InChI is InChI=1S/C17H14N4OS/c18-16(22)14-4-2-1-3-13(14)11-23-17-20-10-7-15(21-17)12-5-8-19-9-6-12/h1-10H,11H2,(H2,18,22). The molecular formula is C17H14N4OS. The summed E-state index contributed by atoms with van der Waals surface area (Å²) in [5.41, 5.74) is 8.64. The molecule has 6 heteroatoms. The van der Waals surface area contributed by atoms with E-state index in [9.17, 15) is 4.79 Å².